The lowest BCUT2D eigenvalue weighted by Gasteiger charge is -2.17. The molecule has 0 aliphatic carbocycles. The number of nitrogens with two attached hydrogens (primary N) is 1. The minimum Gasteiger partial charge on any atom is -0.493 e. The summed E-state index contributed by atoms with van der Waals surface area (Å²) in [6.45, 7) is 2.28. The summed E-state index contributed by atoms with van der Waals surface area (Å²) in [5.74, 6) is 0.356. The van der Waals surface area contributed by atoms with Gasteiger partial charge in [-0.1, -0.05) is 30.0 Å². The number of rotatable bonds is 7. The van der Waals surface area contributed by atoms with Crippen molar-refractivity contribution in [1.29, 1.82) is 0 Å². The molecular formula is C19H21N3O3S. The lowest BCUT2D eigenvalue weighted by atomic mass is 10.0. The molecule has 3 N–H and O–H groups in total. The molecule has 2 heterocycles. The van der Waals surface area contributed by atoms with Gasteiger partial charge in [-0.2, -0.15) is 4.99 Å². The first kappa shape index (κ1) is 18.4. The van der Waals surface area contributed by atoms with Crippen LogP contribution in [0, 0.1) is 6.92 Å². The molecule has 1 aromatic carbocycles. The number of ether oxygens (including phenoxy) is 1. The van der Waals surface area contributed by atoms with Crippen molar-refractivity contribution in [2.75, 3.05) is 13.2 Å². The highest BCUT2D eigenvalue weighted by Gasteiger charge is 2.26. The second-order valence-corrected chi connectivity index (χ2v) is 7.36. The molecule has 1 aliphatic heterocycles. The highest BCUT2D eigenvalue weighted by molar-refractivity contribution is 8.15. The fraction of sp³-hybridized carbons (Fsp3) is 0.316. The zero-order valence-electron chi connectivity index (χ0n) is 14.5. The van der Waals surface area contributed by atoms with E-state index < -0.39 is 0 Å². The first-order valence-corrected chi connectivity index (χ1v) is 9.23. The molecule has 7 heteroatoms. The maximum absolute atomic E-state index is 11.7. The number of aromatic nitrogens is 1. The molecule has 2 unspecified atom stereocenters. The van der Waals surface area contributed by atoms with Gasteiger partial charge in [0.15, 0.2) is 5.17 Å². The third-order valence-corrected chi connectivity index (χ3v) is 5.20. The van der Waals surface area contributed by atoms with Crippen LogP contribution in [0.2, 0.25) is 0 Å². The van der Waals surface area contributed by atoms with Crippen LogP contribution in [0.1, 0.15) is 22.7 Å². The Morgan fingerprint density at radius 2 is 2.08 bits per heavy atom. The molecule has 0 spiro atoms. The number of nitrogens with zero attached hydrogens (tertiary/aromatic N) is 2. The molecule has 2 atom stereocenters. The summed E-state index contributed by atoms with van der Waals surface area (Å²) in [6.07, 6.45) is 2.30. The Hall–Kier alpha value is -2.38. The van der Waals surface area contributed by atoms with E-state index in [1.54, 1.807) is 6.20 Å². The highest BCUT2D eigenvalue weighted by Crippen LogP contribution is 2.25. The van der Waals surface area contributed by atoms with Gasteiger partial charge in [-0.3, -0.25) is 9.78 Å². The fourth-order valence-corrected chi connectivity index (χ4v) is 3.67. The molecule has 3 rings (SSSR count). The van der Waals surface area contributed by atoms with Crippen molar-refractivity contribution >= 4 is 22.8 Å². The van der Waals surface area contributed by atoms with E-state index in [9.17, 15) is 9.90 Å². The fourth-order valence-electron chi connectivity index (χ4n) is 2.81. The van der Waals surface area contributed by atoms with E-state index >= 15 is 0 Å². The smallest absolute Gasteiger partial charge is 0.261 e. The van der Waals surface area contributed by atoms with E-state index in [2.05, 4.69) is 9.98 Å². The Morgan fingerprint density at radius 1 is 1.31 bits per heavy atom. The Balaban J connectivity index is 1.57. The summed E-state index contributed by atoms with van der Waals surface area (Å²) in [7, 11) is 0. The van der Waals surface area contributed by atoms with Crippen molar-refractivity contribution in [2.45, 2.75) is 24.5 Å². The van der Waals surface area contributed by atoms with Gasteiger partial charge < -0.3 is 15.6 Å². The van der Waals surface area contributed by atoms with Gasteiger partial charge in [-0.25, -0.2) is 0 Å². The number of benzene rings is 1. The Labute approximate surface area is 156 Å². The number of carbonyl (C=O) groups excluding carboxylic acids is 1. The summed E-state index contributed by atoms with van der Waals surface area (Å²) in [6, 6.07) is 11.4. The second-order valence-electron chi connectivity index (χ2n) is 6.14. The number of hydrogen-bond acceptors (Lipinski definition) is 6. The standard InChI is InChI=1S/C19H21N3O3S/c1-12-3-2-8-21-17(12)14(10-23)11-25-15-6-4-13(5-7-15)9-16-18(24)22-19(20)26-16/h2-8,14,16,23H,9-11H2,1H3,(H2,20,22,24). The Bertz CT molecular complexity index is 808. The van der Waals surface area contributed by atoms with Crippen LogP contribution in [0.15, 0.2) is 47.6 Å². The average Bonchev–Trinajstić information content (AvgIpc) is 2.95. The molecule has 1 amide bonds. The number of amidine groups is 1. The predicted octanol–water partition coefficient (Wildman–Crippen LogP) is 2.04. The normalized spacial score (nSPS) is 17.8. The van der Waals surface area contributed by atoms with E-state index in [1.165, 1.54) is 11.8 Å². The number of thioether (sulfide) groups is 1. The van der Waals surface area contributed by atoms with Crippen molar-refractivity contribution in [3.63, 3.8) is 0 Å². The number of aliphatic imine (C=N–C) groups is 1. The quantitative estimate of drug-likeness (QED) is 0.773. The zero-order valence-corrected chi connectivity index (χ0v) is 15.3. The van der Waals surface area contributed by atoms with Crippen molar-refractivity contribution in [3.8, 4) is 5.75 Å². The first-order valence-electron chi connectivity index (χ1n) is 8.35. The second kappa shape index (κ2) is 8.33. The van der Waals surface area contributed by atoms with Gasteiger partial charge in [0, 0.05) is 6.20 Å². The summed E-state index contributed by atoms with van der Waals surface area (Å²) >= 11 is 1.30. The Kier molecular flexibility index (Phi) is 5.90. The largest absolute Gasteiger partial charge is 0.493 e. The molecular weight excluding hydrogens is 350 g/mol. The maximum atomic E-state index is 11.7. The van der Waals surface area contributed by atoms with Crippen LogP contribution in [-0.2, 0) is 11.2 Å². The molecule has 1 aromatic heterocycles. The van der Waals surface area contributed by atoms with Crippen molar-refractivity contribution in [1.82, 2.24) is 4.98 Å². The summed E-state index contributed by atoms with van der Waals surface area (Å²) in [4.78, 5) is 19.8. The monoisotopic (exact) mass is 371 g/mol. The van der Waals surface area contributed by atoms with E-state index in [4.69, 9.17) is 10.5 Å². The van der Waals surface area contributed by atoms with Crippen LogP contribution in [0.4, 0.5) is 0 Å². The summed E-state index contributed by atoms with van der Waals surface area (Å²) < 4.78 is 5.82. The van der Waals surface area contributed by atoms with Crippen LogP contribution in [0.25, 0.3) is 0 Å². The topological polar surface area (TPSA) is 97.8 Å². The minimum atomic E-state index is -0.243. The number of amides is 1. The van der Waals surface area contributed by atoms with Gasteiger partial charge in [0.2, 0.25) is 0 Å². The number of pyridine rings is 1. The minimum absolute atomic E-state index is 0.0294. The van der Waals surface area contributed by atoms with Crippen LogP contribution in [0.5, 0.6) is 5.75 Å². The molecule has 0 saturated carbocycles. The van der Waals surface area contributed by atoms with Crippen LogP contribution >= 0.6 is 11.8 Å². The van der Waals surface area contributed by atoms with E-state index in [1.807, 2.05) is 43.3 Å². The molecule has 6 nitrogen and oxygen atoms in total. The van der Waals surface area contributed by atoms with Gasteiger partial charge in [0.25, 0.3) is 5.91 Å². The van der Waals surface area contributed by atoms with Crippen LogP contribution in [0.3, 0.4) is 0 Å². The van der Waals surface area contributed by atoms with Gasteiger partial charge in [-0.05, 0) is 42.7 Å². The lowest BCUT2D eigenvalue weighted by molar-refractivity contribution is -0.117. The number of aliphatic hydroxyl groups excluding tert-OH is 1. The van der Waals surface area contributed by atoms with E-state index in [-0.39, 0.29) is 23.7 Å². The number of carbonyl (C=O) groups is 1. The SMILES string of the molecule is Cc1cccnc1C(CO)COc1ccc(CC2SC(N)=NC2=O)cc1. The summed E-state index contributed by atoms with van der Waals surface area (Å²) in [5.41, 5.74) is 8.48. The molecule has 1 aliphatic rings. The van der Waals surface area contributed by atoms with E-state index in [0.717, 1.165) is 16.8 Å². The van der Waals surface area contributed by atoms with Gasteiger partial charge in [0.05, 0.1) is 30.1 Å². The number of aryl methyl sites for hydroxylation is 1. The van der Waals surface area contributed by atoms with Crippen LogP contribution in [-0.4, -0.2) is 39.6 Å². The Morgan fingerprint density at radius 3 is 2.69 bits per heavy atom. The van der Waals surface area contributed by atoms with Crippen molar-refractivity contribution < 1.29 is 14.6 Å². The highest BCUT2D eigenvalue weighted by atomic mass is 32.2. The first-order chi connectivity index (χ1) is 12.6. The number of hydrogen-bond donors (Lipinski definition) is 2. The molecule has 0 saturated heterocycles. The van der Waals surface area contributed by atoms with Gasteiger partial charge in [-0.15, -0.1) is 0 Å². The molecule has 0 fully saturated rings. The molecule has 0 radical (unpaired) electrons. The molecule has 136 valence electrons. The average molecular weight is 371 g/mol. The zero-order chi connectivity index (χ0) is 18.5. The third kappa shape index (κ3) is 4.42. The summed E-state index contributed by atoms with van der Waals surface area (Å²) in [5, 5.41) is 9.75. The van der Waals surface area contributed by atoms with Crippen molar-refractivity contribution in [2.24, 2.45) is 10.7 Å². The molecule has 26 heavy (non-hydrogen) atoms. The maximum Gasteiger partial charge on any atom is 0.261 e. The van der Waals surface area contributed by atoms with Gasteiger partial charge >= 0.3 is 0 Å². The predicted molar refractivity (Wildman–Crippen MR) is 102 cm³/mol. The van der Waals surface area contributed by atoms with Crippen molar-refractivity contribution in [3.05, 3.63) is 59.4 Å². The molecule has 0 bridgehead atoms. The third-order valence-electron chi connectivity index (χ3n) is 4.21. The van der Waals surface area contributed by atoms with Gasteiger partial charge in [0.1, 0.15) is 5.75 Å². The van der Waals surface area contributed by atoms with E-state index in [0.29, 0.717) is 23.9 Å². The lowest BCUT2D eigenvalue weighted by Crippen LogP contribution is -2.17. The van der Waals surface area contributed by atoms with Crippen LogP contribution < -0.4 is 10.5 Å². The number of aliphatic hydroxyl groups is 1. The molecule has 2 aromatic rings.